The normalized spacial score (nSPS) is 14.6. The molecule has 0 saturated carbocycles. The third-order valence-electron chi connectivity index (χ3n) is 12.2. The number of quaternary nitrogens is 1. The van der Waals surface area contributed by atoms with E-state index in [2.05, 4.69) is 111 Å². The molecule has 0 rings (SSSR count). The molecule has 0 aromatic carbocycles. The summed E-state index contributed by atoms with van der Waals surface area (Å²) in [5, 5.41) is 2.97. The van der Waals surface area contributed by atoms with Crippen LogP contribution < -0.4 is 10.2 Å². The van der Waals surface area contributed by atoms with Crippen LogP contribution in [0.4, 0.5) is 0 Å². The van der Waals surface area contributed by atoms with Crippen molar-refractivity contribution >= 4 is 19.7 Å². The average molecular weight is 1040 g/mol. The van der Waals surface area contributed by atoms with Crippen molar-refractivity contribution in [3.8, 4) is 0 Å². The molecule has 0 radical (unpaired) electrons. The molecular weight excluding hydrogens is 928 g/mol. The fourth-order valence-electron chi connectivity index (χ4n) is 7.71. The van der Waals surface area contributed by atoms with E-state index in [-0.39, 0.29) is 31.3 Å². The minimum atomic E-state index is -4.72. The van der Waals surface area contributed by atoms with Crippen LogP contribution in [0.5, 0.6) is 0 Å². The molecule has 0 saturated heterocycles. The summed E-state index contributed by atoms with van der Waals surface area (Å²) in [5.74, 6) is -0.659. The van der Waals surface area contributed by atoms with Gasteiger partial charge in [0.2, 0.25) is 5.91 Å². The highest BCUT2D eigenvalue weighted by Crippen LogP contribution is 2.38. The SMILES string of the molecule is CC/C=C\C/C=C\C/C=C\C/C=C\C/C=C\C/C=C\CCC(=O)NC(COP(=O)([O-])OCC[N+](C)(C)C)C(/C=C\CCCCCCCCCCCCC)OC(=O)CCCCCCCC/C=C/C=C/CCCCC. The van der Waals surface area contributed by atoms with Crippen LogP contribution in [0.2, 0.25) is 0 Å². The summed E-state index contributed by atoms with van der Waals surface area (Å²) < 4.78 is 30.2. The molecule has 0 spiro atoms. The van der Waals surface area contributed by atoms with E-state index in [9.17, 15) is 19.0 Å². The van der Waals surface area contributed by atoms with Gasteiger partial charge in [-0.15, -0.1) is 0 Å². The van der Waals surface area contributed by atoms with E-state index in [1.807, 2.05) is 39.4 Å². The van der Waals surface area contributed by atoms with E-state index < -0.39 is 26.6 Å². The predicted molar refractivity (Wildman–Crippen MR) is 311 cm³/mol. The Bertz CT molecular complexity index is 1620. The summed E-state index contributed by atoms with van der Waals surface area (Å²) in [5.41, 5.74) is 0. The Kier molecular flexibility index (Phi) is 49.7. The number of hydrogen-bond donors (Lipinski definition) is 1. The number of ether oxygens (including phenoxy) is 1. The fourth-order valence-corrected chi connectivity index (χ4v) is 8.43. The maximum atomic E-state index is 13.5. The lowest BCUT2D eigenvalue weighted by Crippen LogP contribution is -2.47. The fraction of sp³-hybridized carbons (Fsp3) is 0.683. The van der Waals surface area contributed by atoms with Crippen LogP contribution >= 0.6 is 7.82 Å². The molecule has 418 valence electrons. The maximum Gasteiger partial charge on any atom is 0.306 e. The Balaban J connectivity index is 5.51. The topological polar surface area (TPSA) is 114 Å². The lowest BCUT2D eigenvalue weighted by atomic mass is 10.0. The van der Waals surface area contributed by atoms with Gasteiger partial charge >= 0.3 is 5.97 Å². The van der Waals surface area contributed by atoms with Crippen molar-refractivity contribution in [3.63, 3.8) is 0 Å². The molecule has 0 heterocycles. The number of carbonyl (C=O) groups excluding carboxylic acids is 2. The van der Waals surface area contributed by atoms with Gasteiger partial charge in [-0.3, -0.25) is 14.2 Å². The summed E-state index contributed by atoms with van der Waals surface area (Å²) >= 11 is 0. The van der Waals surface area contributed by atoms with E-state index in [0.29, 0.717) is 23.9 Å². The lowest BCUT2D eigenvalue weighted by Gasteiger charge is -2.30. The van der Waals surface area contributed by atoms with E-state index in [1.54, 1.807) is 6.08 Å². The third-order valence-corrected chi connectivity index (χ3v) is 13.2. The van der Waals surface area contributed by atoms with Crippen molar-refractivity contribution in [1.29, 1.82) is 0 Å². The number of carbonyl (C=O) groups is 2. The number of allylic oxidation sites excluding steroid dienone is 17. The zero-order chi connectivity index (χ0) is 53.6. The van der Waals surface area contributed by atoms with Gasteiger partial charge in [-0.05, 0) is 96.0 Å². The summed E-state index contributed by atoms with van der Waals surface area (Å²) in [6.45, 7) is 6.61. The molecular formula is C63H109N2O7P. The Morgan fingerprint density at radius 1 is 0.507 bits per heavy atom. The van der Waals surface area contributed by atoms with Gasteiger partial charge in [0.15, 0.2) is 0 Å². The molecule has 3 unspecified atom stereocenters. The van der Waals surface area contributed by atoms with Crippen molar-refractivity contribution in [2.45, 2.75) is 238 Å². The zero-order valence-electron chi connectivity index (χ0n) is 47.5. The van der Waals surface area contributed by atoms with Gasteiger partial charge in [-0.2, -0.15) is 0 Å². The Morgan fingerprint density at radius 2 is 0.932 bits per heavy atom. The molecule has 73 heavy (non-hydrogen) atoms. The summed E-state index contributed by atoms with van der Waals surface area (Å²) in [6, 6.07) is -0.940. The van der Waals surface area contributed by atoms with Gasteiger partial charge in [-0.1, -0.05) is 227 Å². The van der Waals surface area contributed by atoms with Crippen LogP contribution in [0.3, 0.4) is 0 Å². The van der Waals surface area contributed by atoms with E-state index in [4.69, 9.17) is 13.8 Å². The second kappa shape index (κ2) is 52.1. The zero-order valence-corrected chi connectivity index (χ0v) is 48.4. The number of phosphoric ester groups is 1. The highest BCUT2D eigenvalue weighted by Gasteiger charge is 2.27. The van der Waals surface area contributed by atoms with Crippen LogP contribution in [0.1, 0.15) is 226 Å². The van der Waals surface area contributed by atoms with Crippen LogP contribution in [-0.2, 0) is 27.9 Å². The molecule has 1 N–H and O–H groups in total. The molecule has 10 heteroatoms. The lowest BCUT2D eigenvalue weighted by molar-refractivity contribution is -0.870. The number of nitrogens with zero attached hydrogens (tertiary/aromatic N) is 1. The molecule has 0 aromatic rings. The van der Waals surface area contributed by atoms with Gasteiger partial charge in [0.1, 0.15) is 19.3 Å². The second-order valence-corrected chi connectivity index (χ2v) is 21.8. The molecule has 0 aliphatic rings. The predicted octanol–water partition coefficient (Wildman–Crippen LogP) is 17.1. The first-order chi connectivity index (χ1) is 35.4. The number of unbranched alkanes of at least 4 members (excludes halogenated alkanes) is 20. The van der Waals surface area contributed by atoms with E-state index in [0.717, 1.165) is 103 Å². The van der Waals surface area contributed by atoms with E-state index in [1.165, 1.54) is 77.0 Å². The van der Waals surface area contributed by atoms with Crippen molar-refractivity contribution in [3.05, 3.63) is 109 Å². The number of amides is 1. The average Bonchev–Trinajstić information content (AvgIpc) is 3.35. The van der Waals surface area contributed by atoms with Crippen LogP contribution in [0.15, 0.2) is 109 Å². The molecule has 0 fully saturated rings. The van der Waals surface area contributed by atoms with Crippen LogP contribution in [0.25, 0.3) is 0 Å². The monoisotopic (exact) mass is 1040 g/mol. The standard InChI is InChI=1S/C63H109N2O7P/c1-7-10-13-16-19-22-25-28-30-31-32-33-35-37-40-43-46-49-52-55-62(66)64-60(59-71-73(68,69)70-58-57-65(4,5)6)61(54-51-48-45-42-39-36-27-24-21-18-15-12-9-3)72-63(67)56-53-50-47-44-41-38-34-29-26-23-20-17-14-11-8-2/h10,13,19-20,22-23,26,28-30,32-33,37,40,46,49,51,54,60-61H,7-9,11-12,14-18,21,24-25,27,31,34-36,38-39,41-45,47-48,50,52-53,55-59H2,1-6H3,(H-,64,66,68,69)/b13-10-,22-19-,23-20+,29-26+,30-28-,33-32-,40-37-,49-46-,54-51-. The van der Waals surface area contributed by atoms with Crippen molar-refractivity contribution in [2.24, 2.45) is 0 Å². The molecule has 0 aliphatic carbocycles. The molecule has 0 aromatic heterocycles. The van der Waals surface area contributed by atoms with Crippen molar-refractivity contribution in [2.75, 3.05) is 40.9 Å². The van der Waals surface area contributed by atoms with Crippen LogP contribution in [-0.4, -0.2) is 69.4 Å². The smallest absolute Gasteiger partial charge is 0.306 e. The minimum absolute atomic E-state index is 0.0432. The van der Waals surface area contributed by atoms with E-state index >= 15 is 0 Å². The van der Waals surface area contributed by atoms with Crippen molar-refractivity contribution in [1.82, 2.24) is 5.32 Å². The molecule has 3 atom stereocenters. The second-order valence-electron chi connectivity index (χ2n) is 20.4. The minimum Gasteiger partial charge on any atom is -0.756 e. The number of likely N-dealkylation sites (N-methyl/N-ethyl adjacent to an activating group) is 1. The summed E-state index contributed by atoms with van der Waals surface area (Å²) in [6.07, 6.45) is 70.7. The first-order valence-corrected chi connectivity index (χ1v) is 30.7. The quantitative estimate of drug-likeness (QED) is 0.0161. The summed E-state index contributed by atoms with van der Waals surface area (Å²) in [4.78, 5) is 39.9. The van der Waals surface area contributed by atoms with Gasteiger partial charge < -0.3 is 28.5 Å². The molecule has 0 aliphatic heterocycles. The number of rotatable bonds is 51. The van der Waals surface area contributed by atoms with Crippen LogP contribution in [0, 0.1) is 0 Å². The number of hydrogen-bond acceptors (Lipinski definition) is 7. The number of phosphoric acid groups is 1. The first kappa shape index (κ1) is 69.7. The maximum absolute atomic E-state index is 13.5. The number of nitrogens with one attached hydrogen (secondary N) is 1. The molecule has 0 bridgehead atoms. The Morgan fingerprint density at radius 3 is 1.42 bits per heavy atom. The summed E-state index contributed by atoms with van der Waals surface area (Å²) in [7, 11) is 1.12. The van der Waals surface area contributed by atoms with Gasteiger partial charge in [0.25, 0.3) is 7.82 Å². The van der Waals surface area contributed by atoms with Gasteiger partial charge in [0, 0.05) is 12.8 Å². The largest absolute Gasteiger partial charge is 0.756 e. The third kappa shape index (κ3) is 53.3. The highest BCUT2D eigenvalue weighted by atomic mass is 31.2. The highest BCUT2D eigenvalue weighted by molar-refractivity contribution is 7.45. The van der Waals surface area contributed by atoms with Gasteiger partial charge in [0.05, 0.1) is 33.8 Å². The van der Waals surface area contributed by atoms with Crippen molar-refractivity contribution < 1.29 is 37.3 Å². The number of esters is 1. The molecule has 9 nitrogen and oxygen atoms in total. The van der Waals surface area contributed by atoms with Gasteiger partial charge in [-0.25, -0.2) is 0 Å². The first-order valence-electron chi connectivity index (χ1n) is 29.2. The Labute approximate surface area is 449 Å². The molecule has 1 amide bonds. The Hall–Kier alpha value is -3.33.